The van der Waals surface area contributed by atoms with Gasteiger partial charge in [-0.15, -0.1) is 0 Å². The quantitative estimate of drug-likeness (QED) is 0.0323. The molecule has 0 aliphatic heterocycles. The maximum Gasteiger partial charge on any atom is 0.309 e. The number of carbonyl (C=O) groups is 6. The minimum atomic E-state index is -0.438. The van der Waals surface area contributed by atoms with Gasteiger partial charge in [-0.3, -0.25) is 28.8 Å². The molecule has 0 aliphatic carbocycles. The van der Waals surface area contributed by atoms with Crippen LogP contribution in [0.15, 0.2) is 0 Å². The van der Waals surface area contributed by atoms with Gasteiger partial charge < -0.3 is 28.4 Å². The van der Waals surface area contributed by atoms with Gasteiger partial charge in [0.05, 0.1) is 76.7 Å². The number of hydrogen-bond donors (Lipinski definition) is 0. The van der Waals surface area contributed by atoms with Gasteiger partial charge in [0.2, 0.25) is 0 Å². The lowest BCUT2D eigenvalue weighted by Gasteiger charge is -2.18. The molecule has 0 aromatic heterocycles. The zero-order valence-electron chi connectivity index (χ0n) is 59.3. The first-order chi connectivity index (χ1) is 42.2. The average Bonchev–Trinajstić information content (AvgIpc) is 3.53. The van der Waals surface area contributed by atoms with Gasteiger partial charge in [0.25, 0.3) is 0 Å². The van der Waals surface area contributed by atoms with E-state index in [4.69, 9.17) is 28.4 Å². The van der Waals surface area contributed by atoms with Gasteiger partial charge in [-0.05, 0) is 50.4 Å². The molecule has 0 heterocycles. The summed E-state index contributed by atoms with van der Waals surface area (Å²) in [6.45, 7) is 25.6. The molecule has 5 unspecified atom stereocenters. The second-order valence-corrected chi connectivity index (χ2v) is 25.6. The fourth-order valence-electron chi connectivity index (χ4n) is 10.2. The summed E-state index contributed by atoms with van der Waals surface area (Å²) in [6, 6.07) is 0. The topological polar surface area (TPSA) is 158 Å². The molecule has 0 rings (SSSR count). The molecule has 516 valence electrons. The number of ether oxygens (including phenoxy) is 6. The van der Waals surface area contributed by atoms with Crippen LogP contribution in [-0.2, 0) is 57.2 Å². The van der Waals surface area contributed by atoms with E-state index in [-0.39, 0.29) is 55.1 Å². The summed E-state index contributed by atoms with van der Waals surface area (Å²) >= 11 is 0. The number of esters is 6. The molecule has 0 amide bonds. The number of carbonyl (C=O) groups excluding carboxylic acids is 6. The zero-order valence-corrected chi connectivity index (χ0v) is 59.3. The summed E-state index contributed by atoms with van der Waals surface area (Å²) in [5, 5.41) is 0. The number of hydrogen-bond acceptors (Lipinski definition) is 12. The van der Waals surface area contributed by atoms with Crippen LogP contribution in [0.2, 0.25) is 0 Å². The van der Waals surface area contributed by atoms with E-state index in [9.17, 15) is 28.8 Å². The molecule has 0 bridgehead atoms. The van der Waals surface area contributed by atoms with Crippen molar-refractivity contribution >= 4 is 35.8 Å². The molecule has 0 N–H and O–H groups in total. The molecular formula is C75H144O12. The second-order valence-electron chi connectivity index (χ2n) is 25.6. The number of rotatable bonds is 61. The summed E-state index contributed by atoms with van der Waals surface area (Å²) in [5.41, 5.74) is 0. The highest BCUT2D eigenvalue weighted by Gasteiger charge is 2.23. The predicted molar refractivity (Wildman–Crippen MR) is 363 cm³/mol. The second kappa shape index (κ2) is 70.3. The van der Waals surface area contributed by atoms with E-state index >= 15 is 0 Å². The standard InChI is InChI=1S/C29H56O4.C25H48O4.C21H40O4/c1-4-6-8-10-12-14-16-18-20-22-24-32-28(30)26-27(3)29(31)33-25-23-21-19-17-15-13-11-9-7-5-2;1-4-6-8-10-12-14-16-18-20-28-24(26)22-23(3)25(27)29-21-19-17-15-13-11-9-7-5-2;1-6-10-12-18(8-3)15-24-20(22)14-17(5)21(23)25-16-19(9-4)13-11-7-2/h27H,4-26H2,1-3H3;23H,4-22H2,1-3H3;17-19H,6-16H2,1-5H3. The molecule has 0 saturated carbocycles. The Kier molecular flexibility index (Phi) is 71.1. The minimum Gasteiger partial charge on any atom is -0.466 e. The van der Waals surface area contributed by atoms with Crippen molar-refractivity contribution in [3.63, 3.8) is 0 Å². The molecule has 12 nitrogen and oxygen atoms in total. The SMILES string of the molecule is CCCCC(CC)COC(=O)CC(C)C(=O)OCC(CC)CCCC.CCCCCCCCCCCCOC(=O)CC(C)C(=O)OCCCCCCCCCCCC.CCCCCCCCCCOC(=O)CC(C)C(=O)OCCCCCCCCCC. The molecule has 0 aromatic carbocycles. The molecule has 0 fully saturated rings. The van der Waals surface area contributed by atoms with E-state index < -0.39 is 17.8 Å². The van der Waals surface area contributed by atoms with Gasteiger partial charge in [0, 0.05) is 0 Å². The van der Waals surface area contributed by atoms with Gasteiger partial charge in [-0.1, -0.05) is 320 Å². The van der Waals surface area contributed by atoms with Crippen LogP contribution in [0, 0.1) is 29.6 Å². The van der Waals surface area contributed by atoms with Crippen LogP contribution in [0.5, 0.6) is 0 Å². The van der Waals surface area contributed by atoms with Crippen molar-refractivity contribution in [2.75, 3.05) is 39.6 Å². The summed E-state index contributed by atoms with van der Waals surface area (Å²) in [6.07, 6.45) is 53.9. The highest BCUT2D eigenvalue weighted by molar-refractivity contribution is 5.80. The molecule has 0 spiro atoms. The molecule has 0 saturated heterocycles. The Balaban J connectivity index is -0.00000123. The Hall–Kier alpha value is -3.18. The minimum absolute atomic E-state index is 0.106. The first-order valence-electron chi connectivity index (χ1n) is 37.2. The van der Waals surface area contributed by atoms with Gasteiger partial charge >= 0.3 is 35.8 Å². The average molecular weight is 1240 g/mol. The van der Waals surface area contributed by atoms with Gasteiger partial charge in [-0.2, -0.15) is 0 Å². The summed E-state index contributed by atoms with van der Waals surface area (Å²) in [4.78, 5) is 71.9. The number of unbranched alkanes of at least 4 members (excludes halogenated alkanes) is 34. The van der Waals surface area contributed by atoms with E-state index in [1.54, 1.807) is 20.8 Å². The lowest BCUT2D eigenvalue weighted by molar-refractivity contribution is -0.156. The fraction of sp³-hybridized carbons (Fsp3) is 0.920. The van der Waals surface area contributed by atoms with E-state index in [1.165, 1.54) is 180 Å². The Bertz CT molecular complexity index is 1520. The maximum absolute atomic E-state index is 12.1. The molecule has 5 atom stereocenters. The largest absolute Gasteiger partial charge is 0.466 e. The van der Waals surface area contributed by atoms with Gasteiger partial charge in [0.15, 0.2) is 0 Å². The first kappa shape index (κ1) is 88.0. The Morgan fingerprint density at radius 2 is 0.448 bits per heavy atom. The van der Waals surface area contributed by atoms with Crippen molar-refractivity contribution in [2.45, 2.75) is 378 Å². The van der Waals surface area contributed by atoms with Crippen LogP contribution in [0.3, 0.4) is 0 Å². The van der Waals surface area contributed by atoms with Crippen molar-refractivity contribution in [1.82, 2.24) is 0 Å². The van der Waals surface area contributed by atoms with Crippen molar-refractivity contribution in [3.8, 4) is 0 Å². The summed E-state index contributed by atoms with van der Waals surface area (Å²) in [5.74, 6) is -2.14. The van der Waals surface area contributed by atoms with Gasteiger partial charge in [0.1, 0.15) is 0 Å². The lowest BCUT2D eigenvalue weighted by Crippen LogP contribution is -2.23. The van der Waals surface area contributed by atoms with Crippen LogP contribution in [0.4, 0.5) is 0 Å². The summed E-state index contributed by atoms with van der Waals surface area (Å²) < 4.78 is 32.0. The van der Waals surface area contributed by atoms with Crippen molar-refractivity contribution in [2.24, 2.45) is 29.6 Å². The van der Waals surface area contributed by atoms with Crippen molar-refractivity contribution < 1.29 is 57.2 Å². The smallest absolute Gasteiger partial charge is 0.309 e. The molecule has 87 heavy (non-hydrogen) atoms. The Labute approximate surface area is 537 Å². The van der Waals surface area contributed by atoms with Gasteiger partial charge in [-0.25, -0.2) is 0 Å². The van der Waals surface area contributed by atoms with Crippen LogP contribution < -0.4 is 0 Å². The molecule has 0 aromatic rings. The Morgan fingerprint density at radius 3 is 0.701 bits per heavy atom. The van der Waals surface area contributed by atoms with E-state index in [0.29, 0.717) is 51.5 Å². The van der Waals surface area contributed by atoms with Crippen LogP contribution in [0.1, 0.15) is 378 Å². The molecular weight excluding hydrogens is 1090 g/mol. The highest BCUT2D eigenvalue weighted by atomic mass is 16.6. The van der Waals surface area contributed by atoms with Crippen LogP contribution in [-0.4, -0.2) is 75.5 Å². The van der Waals surface area contributed by atoms with Crippen molar-refractivity contribution in [1.29, 1.82) is 0 Å². The monoisotopic (exact) mass is 1240 g/mol. The molecule has 12 heteroatoms. The predicted octanol–water partition coefficient (Wildman–Crippen LogP) is 21.9. The highest BCUT2D eigenvalue weighted by Crippen LogP contribution is 2.19. The van der Waals surface area contributed by atoms with Crippen molar-refractivity contribution in [3.05, 3.63) is 0 Å². The normalized spacial score (nSPS) is 12.7. The molecule has 0 aliphatic rings. The van der Waals surface area contributed by atoms with E-state index in [0.717, 1.165) is 103 Å². The van der Waals surface area contributed by atoms with Crippen LogP contribution >= 0.6 is 0 Å². The third-order valence-corrected chi connectivity index (χ3v) is 16.7. The molecule has 0 radical (unpaired) electrons. The maximum atomic E-state index is 12.1. The Morgan fingerprint density at radius 1 is 0.241 bits per heavy atom. The third kappa shape index (κ3) is 65.6. The summed E-state index contributed by atoms with van der Waals surface area (Å²) in [7, 11) is 0. The fourth-order valence-corrected chi connectivity index (χ4v) is 10.2. The third-order valence-electron chi connectivity index (χ3n) is 16.7. The first-order valence-corrected chi connectivity index (χ1v) is 37.2. The van der Waals surface area contributed by atoms with E-state index in [2.05, 4.69) is 55.4 Å². The van der Waals surface area contributed by atoms with E-state index in [1.807, 2.05) is 0 Å². The zero-order chi connectivity index (χ0) is 65.1. The lowest BCUT2D eigenvalue weighted by atomic mass is 10.0. The van der Waals surface area contributed by atoms with Crippen LogP contribution in [0.25, 0.3) is 0 Å².